The molecule has 0 bridgehead atoms. The Bertz CT molecular complexity index is 590. The summed E-state index contributed by atoms with van der Waals surface area (Å²) >= 11 is 0. The van der Waals surface area contributed by atoms with Gasteiger partial charge in [0.1, 0.15) is 5.75 Å². The Morgan fingerprint density at radius 3 is 2.45 bits per heavy atom. The first kappa shape index (κ1) is 14.1. The second-order valence-electron chi connectivity index (χ2n) is 4.88. The molecule has 3 heteroatoms. The van der Waals surface area contributed by atoms with Crippen molar-refractivity contribution in [1.29, 1.82) is 0 Å². The van der Waals surface area contributed by atoms with Crippen molar-refractivity contribution in [2.75, 3.05) is 19.1 Å². The van der Waals surface area contributed by atoms with Crippen LogP contribution in [0.2, 0.25) is 0 Å². The smallest absolute Gasteiger partial charge is 0.152 e. The third-order valence-corrected chi connectivity index (χ3v) is 3.30. The Balaban J connectivity index is 2.18. The van der Waals surface area contributed by atoms with Crippen LogP contribution in [0.25, 0.3) is 0 Å². The molecule has 0 aromatic heterocycles. The highest BCUT2D eigenvalue weighted by molar-refractivity contribution is 5.84. The van der Waals surface area contributed by atoms with Crippen molar-refractivity contribution >= 4 is 12.0 Å². The number of carbonyl (C=O) groups is 1. The summed E-state index contributed by atoms with van der Waals surface area (Å²) in [5, 5.41) is 0. The predicted octanol–water partition coefficient (Wildman–Crippen LogP) is 3.45. The molecule has 2 aromatic carbocycles. The molecule has 0 fully saturated rings. The molecule has 2 aromatic rings. The standard InChI is InChI=1S/C17H19NO2/c1-13-4-9-17(15(10-13)12-19)18(2)11-14-5-7-16(20-3)8-6-14/h4-10,12H,11H2,1-3H3. The molecule has 0 saturated heterocycles. The number of aryl methyl sites for hydroxylation is 1. The minimum absolute atomic E-state index is 0.723. The number of aldehydes is 1. The summed E-state index contributed by atoms with van der Waals surface area (Å²) in [6, 6.07) is 13.9. The third kappa shape index (κ3) is 3.18. The maximum atomic E-state index is 11.2. The molecule has 0 spiro atoms. The Labute approximate surface area is 119 Å². The van der Waals surface area contributed by atoms with Gasteiger partial charge in [-0.15, -0.1) is 0 Å². The first-order valence-electron chi connectivity index (χ1n) is 6.54. The molecule has 0 aliphatic rings. The molecule has 0 amide bonds. The van der Waals surface area contributed by atoms with Gasteiger partial charge in [0.05, 0.1) is 7.11 Å². The highest BCUT2D eigenvalue weighted by Crippen LogP contribution is 2.22. The summed E-state index contributed by atoms with van der Waals surface area (Å²) < 4.78 is 5.15. The van der Waals surface area contributed by atoms with E-state index in [1.54, 1.807) is 7.11 Å². The number of anilines is 1. The maximum Gasteiger partial charge on any atom is 0.152 e. The molecule has 104 valence electrons. The monoisotopic (exact) mass is 269 g/mol. The van der Waals surface area contributed by atoms with E-state index in [1.165, 1.54) is 5.56 Å². The molecule has 0 atom stereocenters. The lowest BCUT2D eigenvalue weighted by molar-refractivity contribution is 0.112. The first-order chi connectivity index (χ1) is 9.63. The molecule has 0 saturated carbocycles. The topological polar surface area (TPSA) is 29.5 Å². The molecule has 20 heavy (non-hydrogen) atoms. The van der Waals surface area contributed by atoms with Crippen LogP contribution in [0.3, 0.4) is 0 Å². The molecular formula is C17H19NO2. The molecule has 0 unspecified atom stereocenters. The van der Waals surface area contributed by atoms with Crippen LogP contribution in [0.15, 0.2) is 42.5 Å². The van der Waals surface area contributed by atoms with Gasteiger partial charge in [-0.1, -0.05) is 23.8 Å². The maximum absolute atomic E-state index is 11.2. The third-order valence-electron chi connectivity index (χ3n) is 3.30. The number of hydrogen-bond acceptors (Lipinski definition) is 3. The summed E-state index contributed by atoms with van der Waals surface area (Å²) in [7, 11) is 3.64. The van der Waals surface area contributed by atoms with Crippen LogP contribution in [0.4, 0.5) is 5.69 Å². The highest BCUT2D eigenvalue weighted by Gasteiger charge is 2.08. The van der Waals surface area contributed by atoms with E-state index in [-0.39, 0.29) is 0 Å². The van der Waals surface area contributed by atoms with Gasteiger partial charge in [-0.05, 0) is 36.8 Å². The van der Waals surface area contributed by atoms with Gasteiger partial charge >= 0.3 is 0 Å². The number of nitrogens with zero attached hydrogens (tertiary/aromatic N) is 1. The van der Waals surface area contributed by atoms with E-state index in [1.807, 2.05) is 56.4 Å². The summed E-state index contributed by atoms with van der Waals surface area (Å²) in [4.78, 5) is 13.3. The number of methoxy groups -OCH3 is 1. The lowest BCUT2D eigenvalue weighted by Crippen LogP contribution is -2.18. The average molecular weight is 269 g/mol. The normalized spacial score (nSPS) is 10.2. The van der Waals surface area contributed by atoms with Gasteiger partial charge in [0.25, 0.3) is 0 Å². The van der Waals surface area contributed by atoms with Crippen LogP contribution in [0.5, 0.6) is 5.75 Å². The fraction of sp³-hybridized carbons (Fsp3) is 0.235. The second-order valence-corrected chi connectivity index (χ2v) is 4.88. The second kappa shape index (κ2) is 6.24. The SMILES string of the molecule is COc1ccc(CN(C)c2ccc(C)cc2C=O)cc1. The van der Waals surface area contributed by atoms with Crippen molar-refractivity contribution in [3.8, 4) is 5.75 Å². The van der Waals surface area contributed by atoms with E-state index in [2.05, 4.69) is 4.90 Å². The van der Waals surface area contributed by atoms with E-state index in [0.717, 1.165) is 35.4 Å². The molecule has 0 radical (unpaired) electrons. The van der Waals surface area contributed by atoms with Gasteiger partial charge in [-0.2, -0.15) is 0 Å². The van der Waals surface area contributed by atoms with Crippen LogP contribution in [-0.4, -0.2) is 20.4 Å². The zero-order chi connectivity index (χ0) is 14.5. The molecule has 0 N–H and O–H groups in total. The Hall–Kier alpha value is -2.29. The summed E-state index contributed by atoms with van der Waals surface area (Å²) in [6.07, 6.45) is 0.910. The minimum Gasteiger partial charge on any atom is -0.497 e. The summed E-state index contributed by atoms with van der Waals surface area (Å²) in [6.45, 7) is 2.73. The quantitative estimate of drug-likeness (QED) is 0.779. The Morgan fingerprint density at radius 1 is 1.15 bits per heavy atom. The molecule has 0 heterocycles. The van der Waals surface area contributed by atoms with E-state index >= 15 is 0 Å². The lowest BCUT2D eigenvalue weighted by Gasteiger charge is -2.21. The molecular weight excluding hydrogens is 250 g/mol. The summed E-state index contributed by atoms with van der Waals surface area (Å²) in [5.41, 5.74) is 3.93. The van der Waals surface area contributed by atoms with Crippen molar-refractivity contribution < 1.29 is 9.53 Å². The van der Waals surface area contributed by atoms with Crippen molar-refractivity contribution in [2.24, 2.45) is 0 Å². The Morgan fingerprint density at radius 2 is 1.85 bits per heavy atom. The lowest BCUT2D eigenvalue weighted by atomic mass is 10.1. The molecule has 2 rings (SSSR count). The predicted molar refractivity (Wildman–Crippen MR) is 81.7 cm³/mol. The molecule has 0 aliphatic heterocycles. The van der Waals surface area contributed by atoms with Gasteiger partial charge in [0.2, 0.25) is 0 Å². The zero-order valence-electron chi connectivity index (χ0n) is 12.1. The number of rotatable bonds is 5. The number of ether oxygens (including phenoxy) is 1. The van der Waals surface area contributed by atoms with Crippen LogP contribution in [0, 0.1) is 6.92 Å². The van der Waals surface area contributed by atoms with E-state index in [4.69, 9.17) is 4.74 Å². The Kier molecular flexibility index (Phi) is 4.41. The van der Waals surface area contributed by atoms with Gasteiger partial charge in [-0.3, -0.25) is 4.79 Å². The van der Waals surface area contributed by atoms with Crippen molar-refractivity contribution in [2.45, 2.75) is 13.5 Å². The average Bonchev–Trinajstić information content (AvgIpc) is 2.47. The fourth-order valence-electron chi connectivity index (χ4n) is 2.21. The number of carbonyl (C=O) groups excluding carboxylic acids is 1. The summed E-state index contributed by atoms with van der Waals surface area (Å²) in [5.74, 6) is 0.848. The molecule has 3 nitrogen and oxygen atoms in total. The van der Waals surface area contributed by atoms with Gasteiger partial charge in [-0.25, -0.2) is 0 Å². The fourth-order valence-corrected chi connectivity index (χ4v) is 2.21. The van der Waals surface area contributed by atoms with Gasteiger partial charge in [0.15, 0.2) is 6.29 Å². The van der Waals surface area contributed by atoms with Crippen molar-refractivity contribution in [3.05, 3.63) is 59.2 Å². The van der Waals surface area contributed by atoms with E-state index in [9.17, 15) is 4.79 Å². The van der Waals surface area contributed by atoms with Crippen molar-refractivity contribution in [3.63, 3.8) is 0 Å². The van der Waals surface area contributed by atoms with Crippen LogP contribution in [-0.2, 0) is 6.54 Å². The minimum atomic E-state index is 0.723. The van der Waals surface area contributed by atoms with Gasteiger partial charge < -0.3 is 9.64 Å². The van der Waals surface area contributed by atoms with Gasteiger partial charge in [0, 0.05) is 24.8 Å². The van der Waals surface area contributed by atoms with E-state index in [0.29, 0.717) is 0 Å². The molecule has 0 aliphatic carbocycles. The number of benzene rings is 2. The van der Waals surface area contributed by atoms with Crippen molar-refractivity contribution in [1.82, 2.24) is 0 Å². The van der Waals surface area contributed by atoms with Crippen LogP contribution in [0.1, 0.15) is 21.5 Å². The number of hydrogen-bond donors (Lipinski definition) is 0. The van der Waals surface area contributed by atoms with E-state index < -0.39 is 0 Å². The van der Waals surface area contributed by atoms with Crippen LogP contribution < -0.4 is 9.64 Å². The highest BCUT2D eigenvalue weighted by atomic mass is 16.5. The van der Waals surface area contributed by atoms with Crippen LogP contribution >= 0.6 is 0 Å². The largest absolute Gasteiger partial charge is 0.497 e. The first-order valence-corrected chi connectivity index (χ1v) is 6.54. The zero-order valence-corrected chi connectivity index (χ0v) is 12.1.